The summed E-state index contributed by atoms with van der Waals surface area (Å²) in [5.41, 5.74) is 3.03. The molecule has 0 radical (unpaired) electrons. The zero-order valence-electron chi connectivity index (χ0n) is 17.4. The van der Waals surface area contributed by atoms with Crippen LogP contribution in [-0.4, -0.2) is 25.1 Å². The topological polar surface area (TPSA) is 41.6 Å². The van der Waals surface area contributed by atoms with E-state index in [1.165, 1.54) is 18.5 Å². The standard InChI is InChI=1S/C24H32N2O2/c1-17(2)28-23-13-9-21(10-14-23)24(27)25-19(4)20-7-11-22(12-8-20)26-15-5-6-18(3)16-26/h7-14,17-19H,5-6,15-16H2,1-4H3,(H,25,27)/t18-,19+/m1/s1. The summed E-state index contributed by atoms with van der Waals surface area (Å²) in [6.45, 7) is 10.6. The van der Waals surface area contributed by atoms with Crippen LogP contribution in [0.5, 0.6) is 5.75 Å². The number of hydrogen-bond acceptors (Lipinski definition) is 3. The van der Waals surface area contributed by atoms with Crippen LogP contribution in [0.1, 0.15) is 62.5 Å². The summed E-state index contributed by atoms with van der Waals surface area (Å²) in [6, 6.07) is 15.8. The number of carbonyl (C=O) groups excluding carboxylic acids is 1. The van der Waals surface area contributed by atoms with E-state index in [0.717, 1.165) is 30.3 Å². The molecule has 0 bridgehead atoms. The molecular weight excluding hydrogens is 348 g/mol. The van der Waals surface area contributed by atoms with Gasteiger partial charge in [0.15, 0.2) is 0 Å². The van der Waals surface area contributed by atoms with Crippen LogP contribution in [0.15, 0.2) is 48.5 Å². The molecule has 4 nitrogen and oxygen atoms in total. The number of ether oxygens (including phenoxy) is 1. The average Bonchev–Trinajstić information content (AvgIpc) is 2.68. The zero-order valence-corrected chi connectivity index (χ0v) is 17.4. The summed E-state index contributed by atoms with van der Waals surface area (Å²) in [5, 5.41) is 3.09. The van der Waals surface area contributed by atoms with Gasteiger partial charge in [-0.2, -0.15) is 0 Å². The summed E-state index contributed by atoms with van der Waals surface area (Å²) in [6.07, 6.45) is 2.70. The highest BCUT2D eigenvalue weighted by molar-refractivity contribution is 5.94. The molecule has 0 saturated carbocycles. The first-order valence-corrected chi connectivity index (χ1v) is 10.3. The number of hydrogen-bond donors (Lipinski definition) is 1. The van der Waals surface area contributed by atoms with Crippen molar-refractivity contribution in [3.63, 3.8) is 0 Å². The van der Waals surface area contributed by atoms with Gasteiger partial charge in [-0.25, -0.2) is 0 Å². The highest BCUT2D eigenvalue weighted by Gasteiger charge is 2.17. The molecule has 2 atom stereocenters. The summed E-state index contributed by atoms with van der Waals surface area (Å²) < 4.78 is 5.63. The number of rotatable bonds is 6. The first kappa shape index (κ1) is 20.2. The second-order valence-electron chi connectivity index (χ2n) is 8.17. The monoisotopic (exact) mass is 380 g/mol. The van der Waals surface area contributed by atoms with Crippen LogP contribution in [0.25, 0.3) is 0 Å². The van der Waals surface area contributed by atoms with Crippen LogP contribution in [0, 0.1) is 5.92 Å². The molecule has 2 aromatic carbocycles. The van der Waals surface area contributed by atoms with Crippen molar-refractivity contribution in [3.8, 4) is 5.75 Å². The summed E-state index contributed by atoms with van der Waals surface area (Å²) in [4.78, 5) is 15.0. The third-order valence-corrected chi connectivity index (χ3v) is 5.25. The van der Waals surface area contributed by atoms with Gasteiger partial charge in [0.2, 0.25) is 0 Å². The first-order valence-electron chi connectivity index (χ1n) is 10.3. The van der Waals surface area contributed by atoms with Crippen LogP contribution in [-0.2, 0) is 0 Å². The molecule has 150 valence electrons. The van der Waals surface area contributed by atoms with Crippen molar-refractivity contribution in [2.24, 2.45) is 5.92 Å². The van der Waals surface area contributed by atoms with Gasteiger partial charge in [-0.05, 0) is 81.5 Å². The van der Waals surface area contributed by atoms with Gasteiger partial charge in [-0.3, -0.25) is 4.79 Å². The number of anilines is 1. The molecule has 0 spiro atoms. The maximum absolute atomic E-state index is 12.6. The van der Waals surface area contributed by atoms with Gasteiger partial charge in [0.1, 0.15) is 5.75 Å². The molecular formula is C24H32N2O2. The maximum atomic E-state index is 12.6. The predicted octanol–water partition coefficient (Wildman–Crippen LogP) is 5.20. The van der Waals surface area contributed by atoms with Gasteiger partial charge in [0.25, 0.3) is 5.91 Å². The van der Waals surface area contributed by atoms with Gasteiger partial charge in [-0.15, -0.1) is 0 Å². The number of piperidine rings is 1. The second-order valence-corrected chi connectivity index (χ2v) is 8.17. The van der Waals surface area contributed by atoms with Gasteiger partial charge in [0.05, 0.1) is 12.1 Å². The van der Waals surface area contributed by atoms with Crippen molar-refractivity contribution in [2.75, 3.05) is 18.0 Å². The number of carbonyl (C=O) groups is 1. The smallest absolute Gasteiger partial charge is 0.251 e. The number of nitrogens with one attached hydrogen (secondary N) is 1. The lowest BCUT2D eigenvalue weighted by Crippen LogP contribution is -2.34. The van der Waals surface area contributed by atoms with Crippen LogP contribution in [0.4, 0.5) is 5.69 Å². The lowest BCUT2D eigenvalue weighted by atomic mass is 9.99. The maximum Gasteiger partial charge on any atom is 0.251 e. The van der Waals surface area contributed by atoms with Crippen molar-refractivity contribution in [2.45, 2.75) is 52.7 Å². The Morgan fingerprint density at radius 2 is 1.75 bits per heavy atom. The molecule has 1 N–H and O–H groups in total. The Balaban J connectivity index is 1.59. The molecule has 0 unspecified atom stereocenters. The van der Waals surface area contributed by atoms with Crippen LogP contribution < -0.4 is 15.0 Å². The molecule has 1 aliphatic heterocycles. The highest BCUT2D eigenvalue weighted by Crippen LogP contribution is 2.25. The molecule has 2 aromatic rings. The second kappa shape index (κ2) is 9.13. The van der Waals surface area contributed by atoms with Gasteiger partial charge in [-0.1, -0.05) is 19.1 Å². The quantitative estimate of drug-likeness (QED) is 0.749. The van der Waals surface area contributed by atoms with Crippen LogP contribution in [0.3, 0.4) is 0 Å². The minimum atomic E-state index is -0.0717. The highest BCUT2D eigenvalue weighted by atomic mass is 16.5. The van der Waals surface area contributed by atoms with Crippen LogP contribution >= 0.6 is 0 Å². The molecule has 4 heteroatoms. The average molecular weight is 381 g/mol. The van der Waals surface area contributed by atoms with Crippen LogP contribution in [0.2, 0.25) is 0 Å². The Morgan fingerprint density at radius 3 is 2.36 bits per heavy atom. The zero-order chi connectivity index (χ0) is 20.1. The van der Waals surface area contributed by atoms with E-state index >= 15 is 0 Å². The van der Waals surface area contributed by atoms with Gasteiger partial charge >= 0.3 is 0 Å². The minimum Gasteiger partial charge on any atom is -0.491 e. The van der Waals surface area contributed by atoms with E-state index in [2.05, 4.69) is 41.4 Å². The Bertz CT molecular complexity index is 768. The molecule has 28 heavy (non-hydrogen) atoms. The molecule has 1 saturated heterocycles. The molecule has 1 fully saturated rings. The Morgan fingerprint density at radius 1 is 1.07 bits per heavy atom. The fourth-order valence-electron chi connectivity index (χ4n) is 3.72. The fraction of sp³-hybridized carbons (Fsp3) is 0.458. The van der Waals surface area contributed by atoms with Crippen molar-refractivity contribution in [3.05, 3.63) is 59.7 Å². The van der Waals surface area contributed by atoms with Gasteiger partial charge < -0.3 is 15.0 Å². The summed E-state index contributed by atoms with van der Waals surface area (Å²) in [7, 11) is 0. The third kappa shape index (κ3) is 5.28. The summed E-state index contributed by atoms with van der Waals surface area (Å²) >= 11 is 0. The summed E-state index contributed by atoms with van der Waals surface area (Å²) in [5.74, 6) is 1.46. The number of nitrogens with zero attached hydrogens (tertiary/aromatic N) is 1. The lowest BCUT2D eigenvalue weighted by molar-refractivity contribution is 0.0940. The molecule has 1 amide bonds. The number of benzene rings is 2. The van der Waals surface area contributed by atoms with E-state index in [1.54, 1.807) is 12.1 Å². The predicted molar refractivity (Wildman–Crippen MR) is 115 cm³/mol. The molecule has 0 aromatic heterocycles. The SMILES string of the molecule is CC(C)Oc1ccc(C(=O)N[C@@H](C)c2ccc(N3CCC[C@@H](C)C3)cc2)cc1. The van der Waals surface area contributed by atoms with Gasteiger partial charge in [0, 0.05) is 24.3 Å². The molecule has 3 rings (SSSR count). The van der Waals surface area contributed by atoms with E-state index in [4.69, 9.17) is 4.74 Å². The molecule has 1 aliphatic rings. The van der Waals surface area contributed by atoms with Crippen molar-refractivity contribution in [1.82, 2.24) is 5.32 Å². The minimum absolute atomic E-state index is 0.0478. The fourth-order valence-corrected chi connectivity index (χ4v) is 3.72. The normalized spacial score (nSPS) is 18.0. The van der Waals surface area contributed by atoms with E-state index in [9.17, 15) is 4.79 Å². The Kier molecular flexibility index (Phi) is 6.61. The van der Waals surface area contributed by atoms with E-state index in [1.807, 2.05) is 32.9 Å². The molecule has 0 aliphatic carbocycles. The van der Waals surface area contributed by atoms with E-state index < -0.39 is 0 Å². The van der Waals surface area contributed by atoms with Crippen molar-refractivity contribution in [1.29, 1.82) is 0 Å². The van der Waals surface area contributed by atoms with Crippen molar-refractivity contribution < 1.29 is 9.53 Å². The third-order valence-electron chi connectivity index (χ3n) is 5.25. The number of amides is 1. The lowest BCUT2D eigenvalue weighted by Gasteiger charge is -2.33. The van der Waals surface area contributed by atoms with E-state index in [-0.39, 0.29) is 18.1 Å². The van der Waals surface area contributed by atoms with Crippen molar-refractivity contribution >= 4 is 11.6 Å². The Labute approximate surface area is 168 Å². The largest absolute Gasteiger partial charge is 0.491 e. The van der Waals surface area contributed by atoms with E-state index in [0.29, 0.717) is 5.56 Å². The Hall–Kier alpha value is -2.49. The molecule has 1 heterocycles. The first-order chi connectivity index (χ1) is 13.4.